The van der Waals surface area contributed by atoms with Crippen LogP contribution in [0.15, 0.2) is 18.2 Å². The van der Waals surface area contributed by atoms with Gasteiger partial charge in [0.25, 0.3) is 0 Å². The van der Waals surface area contributed by atoms with Crippen molar-refractivity contribution < 1.29 is 9.59 Å². The maximum absolute atomic E-state index is 12.2. The Hall–Kier alpha value is -1.79. The van der Waals surface area contributed by atoms with Gasteiger partial charge in [0.15, 0.2) is 0 Å². The fourth-order valence-corrected chi connectivity index (χ4v) is 1.92. The van der Waals surface area contributed by atoms with Crippen LogP contribution < -0.4 is 16.4 Å². The predicted molar refractivity (Wildman–Crippen MR) is 85.3 cm³/mol. The number of benzene rings is 1. The van der Waals surface area contributed by atoms with Gasteiger partial charge in [-0.2, -0.15) is 0 Å². The molecule has 0 radical (unpaired) electrons. The molecule has 21 heavy (non-hydrogen) atoms. The van der Waals surface area contributed by atoms with E-state index in [2.05, 4.69) is 10.6 Å². The molecule has 1 rings (SSSR count). The van der Waals surface area contributed by atoms with E-state index < -0.39 is 6.04 Å². The quantitative estimate of drug-likeness (QED) is 0.691. The molecular formula is C14H21ClN4O2. The summed E-state index contributed by atoms with van der Waals surface area (Å²) in [5, 5.41) is 5.79. The van der Waals surface area contributed by atoms with Gasteiger partial charge in [0, 0.05) is 12.2 Å². The van der Waals surface area contributed by atoms with Gasteiger partial charge in [-0.05, 0) is 39.1 Å². The van der Waals surface area contributed by atoms with E-state index in [0.717, 1.165) is 0 Å². The number of nitrogens with one attached hydrogen (secondary N) is 2. The molecule has 0 aliphatic carbocycles. The third kappa shape index (κ3) is 5.24. The minimum absolute atomic E-state index is 0.120. The Morgan fingerprint density at radius 3 is 2.67 bits per heavy atom. The van der Waals surface area contributed by atoms with Crippen molar-refractivity contribution in [3.63, 3.8) is 0 Å². The summed E-state index contributed by atoms with van der Waals surface area (Å²) in [6, 6.07) is 4.40. The fourth-order valence-electron chi connectivity index (χ4n) is 1.69. The molecule has 0 bridgehead atoms. The average Bonchev–Trinajstić information content (AvgIpc) is 2.41. The first-order valence-electron chi connectivity index (χ1n) is 6.68. The first-order chi connectivity index (χ1) is 9.85. The summed E-state index contributed by atoms with van der Waals surface area (Å²) < 4.78 is 0. The molecule has 1 aromatic rings. The SMILES string of the molecule is CCNC(=O)CN(C)C(C)C(=O)Nc1ccc(N)cc1Cl. The normalized spacial score (nSPS) is 12.0. The van der Waals surface area contributed by atoms with Crippen LogP contribution in [0.5, 0.6) is 0 Å². The summed E-state index contributed by atoms with van der Waals surface area (Å²) in [6.45, 7) is 4.28. The summed E-state index contributed by atoms with van der Waals surface area (Å²) in [4.78, 5) is 25.3. The van der Waals surface area contributed by atoms with Crippen LogP contribution >= 0.6 is 11.6 Å². The second-order valence-corrected chi connectivity index (χ2v) is 5.18. The molecule has 0 spiro atoms. The Morgan fingerprint density at radius 2 is 2.10 bits per heavy atom. The van der Waals surface area contributed by atoms with Crippen LogP contribution in [-0.2, 0) is 9.59 Å². The molecule has 1 atom stereocenters. The van der Waals surface area contributed by atoms with Crippen molar-refractivity contribution in [3.05, 3.63) is 23.2 Å². The number of amides is 2. The molecule has 2 amide bonds. The second kappa shape index (κ2) is 7.85. The van der Waals surface area contributed by atoms with E-state index in [4.69, 9.17) is 17.3 Å². The van der Waals surface area contributed by atoms with Crippen LogP contribution in [0.1, 0.15) is 13.8 Å². The molecule has 4 N–H and O–H groups in total. The molecule has 1 unspecified atom stereocenters. The number of hydrogen-bond acceptors (Lipinski definition) is 4. The van der Waals surface area contributed by atoms with E-state index in [9.17, 15) is 9.59 Å². The first kappa shape index (κ1) is 17.3. The van der Waals surface area contributed by atoms with Gasteiger partial charge in [0.2, 0.25) is 11.8 Å². The highest BCUT2D eigenvalue weighted by Gasteiger charge is 2.20. The Kier molecular flexibility index (Phi) is 6.45. The third-order valence-electron chi connectivity index (χ3n) is 3.06. The Balaban J connectivity index is 2.63. The van der Waals surface area contributed by atoms with Crippen molar-refractivity contribution in [3.8, 4) is 0 Å². The number of halogens is 1. The largest absolute Gasteiger partial charge is 0.399 e. The molecule has 116 valence electrons. The zero-order valence-electron chi connectivity index (χ0n) is 12.4. The molecular weight excluding hydrogens is 292 g/mol. The molecule has 0 heterocycles. The Bertz CT molecular complexity index is 522. The highest BCUT2D eigenvalue weighted by atomic mass is 35.5. The molecule has 1 aromatic carbocycles. The van der Waals surface area contributed by atoms with Crippen LogP contribution in [-0.4, -0.2) is 42.9 Å². The van der Waals surface area contributed by atoms with E-state index in [0.29, 0.717) is 22.9 Å². The predicted octanol–water partition coefficient (Wildman–Crippen LogP) is 1.32. The maximum Gasteiger partial charge on any atom is 0.241 e. The minimum Gasteiger partial charge on any atom is -0.399 e. The lowest BCUT2D eigenvalue weighted by Crippen LogP contribution is -2.44. The number of anilines is 2. The monoisotopic (exact) mass is 312 g/mol. The van der Waals surface area contributed by atoms with Gasteiger partial charge in [-0.15, -0.1) is 0 Å². The number of nitrogen functional groups attached to an aromatic ring is 1. The van der Waals surface area contributed by atoms with Gasteiger partial charge < -0.3 is 16.4 Å². The zero-order chi connectivity index (χ0) is 16.0. The van der Waals surface area contributed by atoms with Gasteiger partial charge in [-0.1, -0.05) is 11.6 Å². The van der Waals surface area contributed by atoms with Crippen molar-refractivity contribution in [1.29, 1.82) is 0 Å². The number of hydrogen-bond donors (Lipinski definition) is 3. The van der Waals surface area contributed by atoms with Crippen LogP contribution in [0.3, 0.4) is 0 Å². The van der Waals surface area contributed by atoms with Gasteiger partial charge in [-0.3, -0.25) is 14.5 Å². The summed E-state index contributed by atoms with van der Waals surface area (Å²) in [7, 11) is 1.71. The summed E-state index contributed by atoms with van der Waals surface area (Å²) in [6.07, 6.45) is 0. The van der Waals surface area contributed by atoms with E-state index in [1.54, 1.807) is 37.1 Å². The van der Waals surface area contributed by atoms with E-state index in [1.165, 1.54) is 0 Å². The topological polar surface area (TPSA) is 87.5 Å². The first-order valence-corrected chi connectivity index (χ1v) is 7.05. The minimum atomic E-state index is -0.471. The van der Waals surface area contributed by atoms with Gasteiger partial charge >= 0.3 is 0 Å². The molecule has 7 heteroatoms. The molecule has 0 saturated carbocycles. The smallest absolute Gasteiger partial charge is 0.241 e. The number of likely N-dealkylation sites (N-methyl/N-ethyl adjacent to an activating group) is 2. The molecule has 0 fully saturated rings. The summed E-state index contributed by atoms with van der Waals surface area (Å²) in [5.74, 6) is -0.362. The van der Waals surface area contributed by atoms with Crippen LogP contribution in [0.2, 0.25) is 5.02 Å². The van der Waals surface area contributed by atoms with Crippen molar-refractivity contribution in [2.75, 3.05) is 31.2 Å². The molecule has 0 aliphatic rings. The summed E-state index contributed by atoms with van der Waals surface area (Å²) in [5.41, 5.74) is 6.62. The van der Waals surface area contributed by atoms with Crippen molar-refractivity contribution in [2.24, 2.45) is 0 Å². The second-order valence-electron chi connectivity index (χ2n) is 4.77. The number of rotatable bonds is 6. The highest BCUT2D eigenvalue weighted by molar-refractivity contribution is 6.34. The molecule has 6 nitrogen and oxygen atoms in total. The number of carbonyl (C=O) groups is 2. The Morgan fingerprint density at radius 1 is 1.43 bits per heavy atom. The fraction of sp³-hybridized carbons (Fsp3) is 0.429. The number of nitrogens with two attached hydrogens (primary N) is 1. The molecule has 0 aromatic heterocycles. The lowest BCUT2D eigenvalue weighted by molar-refractivity contribution is -0.124. The number of nitrogens with zero attached hydrogens (tertiary/aromatic N) is 1. The van der Waals surface area contributed by atoms with E-state index in [-0.39, 0.29) is 18.4 Å². The molecule has 0 saturated heterocycles. The van der Waals surface area contributed by atoms with Gasteiger partial charge in [-0.25, -0.2) is 0 Å². The lowest BCUT2D eigenvalue weighted by atomic mass is 10.2. The van der Waals surface area contributed by atoms with Crippen LogP contribution in [0.4, 0.5) is 11.4 Å². The van der Waals surface area contributed by atoms with Crippen LogP contribution in [0, 0.1) is 0 Å². The third-order valence-corrected chi connectivity index (χ3v) is 3.37. The standard InChI is InChI=1S/C14H21ClN4O2/c1-4-17-13(20)8-19(3)9(2)14(21)18-12-6-5-10(16)7-11(12)15/h5-7,9H,4,8,16H2,1-3H3,(H,17,20)(H,18,21). The Labute approximate surface area is 129 Å². The maximum atomic E-state index is 12.2. The summed E-state index contributed by atoms with van der Waals surface area (Å²) >= 11 is 6.01. The van der Waals surface area contributed by atoms with Crippen molar-refractivity contribution >= 4 is 34.8 Å². The lowest BCUT2D eigenvalue weighted by Gasteiger charge is -2.23. The van der Waals surface area contributed by atoms with E-state index in [1.807, 2.05) is 6.92 Å². The zero-order valence-corrected chi connectivity index (χ0v) is 13.2. The molecule has 0 aliphatic heterocycles. The van der Waals surface area contributed by atoms with Gasteiger partial charge in [0.1, 0.15) is 0 Å². The van der Waals surface area contributed by atoms with Crippen LogP contribution in [0.25, 0.3) is 0 Å². The van der Waals surface area contributed by atoms with Crippen molar-refractivity contribution in [1.82, 2.24) is 10.2 Å². The van der Waals surface area contributed by atoms with Gasteiger partial charge in [0.05, 0.1) is 23.3 Å². The highest BCUT2D eigenvalue weighted by Crippen LogP contribution is 2.24. The van der Waals surface area contributed by atoms with Crippen molar-refractivity contribution in [2.45, 2.75) is 19.9 Å². The average molecular weight is 313 g/mol. The number of carbonyl (C=O) groups excluding carboxylic acids is 2. The van der Waals surface area contributed by atoms with E-state index >= 15 is 0 Å².